The molecule has 134 valence electrons. The highest BCUT2D eigenvalue weighted by Crippen LogP contribution is 2.27. The summed E-state index contributed by atoms with van der Waals surface area (Å²) in [6.07, 6.45) is 0.601. The third-order valence-corrected chi connectivity index (χ3v) is 5.11. The van der Waals surface area contributed by atoms with Gasteiger partial charge in [0.15, 0.2) is 0 Å². The Labute approximate surface area is 152 Å². The van der Waals surface area contributed by atoms with E-state index in [-0.39, 0.29) is 11.6 Å². The maximum absolute atomic E-state index is 12.8. The van der Waals surface area contributed by atoms with Crippen molar-refractivity contribution >= 4 is 0 Å². The lowest BCUT2D eigenvalue weighted by molar-refractivity contribution is 0.299. The lowest BCUT2D eigenvalue weighted by Crippen LogP contribution is -2.31. The molecule has 0 bridgehead atoms. The number of hydrogen-bond donors (Lipinski definition) is 1. The monoisotopic (exact) mass is 349 g/mol. The Morgan fingerprint density at radius 3 is 2.50 bits per heavy atom. The number of likely N-dealkylation sites (N-methyl/N-ethyl adjacent to an activating group) is 1. The lowest BCUT2D eigenvalue weighted by atomic mass is 9.99. The Bertz CT molecular complexity index is 973. The zero-order chi connectivity index (χ0) is 18.1. The lowest BCUT2D eigenvalue weighted by Gasteiger charge is -2.17. The smallest absolute Gasteiger partial charge is 0.331 e. The third-order valence-electron chi connectivity index (χ3n) is 5.11. The fourth-order valence-corrected chi connectivity index (χ4v) is 3.65. The van der Waals surface area contributed by atoms with Crippen LogP contribution in [0.2, 0.25) is 0 Å². The van der Waals surface area contributed by atoms with Crippen molar-refractivity contribution in [1.82, 2.24) is 14.0 Å². The molecule has 26 heavy (non-hydrogen) atoms. The van der Waals surface area contributed by atoms with Crippen LogP contribution < -0.4 is 5.69 Å². The van der Waals surface area contributed by atoms with Crippen LogP contribution in [-0.2, 0) is 26.1 Å². The summed E-state index contributed by atoms with van der Waals surface area (Å²) in [5, 5.41) is 10.6. The summed E-state index contributed by atoms with van der Waals surface area (Å²) in [5.41, 5.74) is 4.17. The summed E-state index contributed by atoms with van der Waals surface area (Å²) >= 11 is 0. The number of nitrogens with zero attached hydrogens (tertiary/aromatic N) is 3. The van der Waals surface area contributed by atoms with E-state index >= 15 is 0 Å². The van der Waals surface area contributed by atoms with Crippen LogP contribution in [0.15, 0.2) is 59.4 Å². The summed E-state index contributed by atoms with van der Waals surface area (Å²) in [7, 11) is 2.03. The molecule has 0 aliphatic carbocycles. The summed E-state index contributed by atoms with van der Waals surface area (Å²) < 4.78 is 3.21. The molecule has 5 heteroatoms. The third kappa shape index (κ3) is 3.06. The van der Waals surface area contributed by atoms with Crippen molar-refractivity contribution in [2.75, 3.05) is 13.6 Å². The second kappa shape index (κ2) is 6.84. The Morgan fingerprint density at radius 2 is 1.73 bits per heavy atom. The van der Waals surface area contributed by atoms with Gasteiger partial charge in [-0.15, -0.1) is 0 Å². The predicted molar refractivity (Wildman–Crippen MR) is 101 cm³/mol. The van der Waals surface area contributed by atoms with E-state index in [9.17, 15) is 9.90 Å². The van der Waals surface area contributed by atoms with Crippen LogP contribution in [0.3, 0.4) is 0 Å². The number of hydrogen-bond acceptors (Lipinski definition) is 3. The first-order valence-electron chi connectivity index (χ1n) is 8.94. The maximum atomic E-state index is 12.8. The molecule has 0 atom stereocenters. The van der Waals surface area contributed by atoms with E-state index in [1.165, 1.54) is 15.7 Å². The van der Waals surface area contributed by atoms with E-state index in [0.29, 0.717) is 26.1 Å². The minimum Gasteiger partial charge on any atom is -0.493 e. The van der Waals surface area contributed by atoms with Gasteiger partial charge in [-0.05, 0) is 23.7 Å². The molecular formula is C21H23N3O2. The molecule has 0 fully saturated rings. The molecule has 1 aromatic heterocycles. The minimum atomic E-state index is -0.125. The van der Waals surface area contributed by atoms with Gasteiger partial charge in [0.25, 0.3) is 0 Å². The second-order valence-electron chi connectivity index (χ2n) is 6.96. The summed E-state index contributed by atoms with van der Waals surface area (Å²) in [6, 6.07) is 18.3. The quantitative estimate of drug-likeness (QED) is 0.602. The second-order valence-corrected chi connectivity index (χ2v) is 6.96. The normalized spacial score (nSPS) is 12.8. The van der Waals surface area contributed by atoms with Gasteiger partial charge in [-0.2, -0.15) is 0 Å². The highest BCUT2D eigenvalue weighted by Gasteiger charge is 2.24. The van der Waals surface area contributed by atoms with Crippen LogP contribution in [0.5, 0.6) is 5.88 Å². The van der Waals surface area contributed by atoms with Crippen LogP contribution in [-0.4, -0.2) is 32.7 Å². The van der Waals surface area contributed by atoms with Crippen LogP contribution in [0, 0.1) is 0 Å². The predicted octanol–water partition coefficient (Wildman–Crippen LogP) is 2.44. The Morgan fingerprint density at radius 1 is 1.04 bits per heavy atom. The van der Waals surface area contributed by atoms with Gasteiger partial charge < -0.3 is 10.0 Å². The molecule has 1 N–H and O–H groups in total. The number of benzene rings is 2. The number of rotatable bonds is 5. The molecular weight excluding hydrogens is 326 g/mol. The summed E-state index contributed by atoms with van der Waals surface area (Å²) in [4.78, 5) is 14.9. The molecule has 0 unspecified atom stereocenters. The molecule has 2 heterocycles. The Kier molecular flexibility index (Phi) is 4.39. The molecule has 0 spiro atoms. The van der Waals surface area contributed by atoms with Gasteiger partial charge in [0.05, 0.1) is 12.2 Å². The van der Waals surface area contributed by atoms with E-state index in [4.69, 9.17) is 0 Å². The maximum Gasteiger partial charge on any atom is 0.331 e. The average molecular weight is 349 g/mol. The molecule has 2 aromatic carbocycles. The van der Waals surface area contributed by atoms with E-state index in [1.807, 2.05) is 43.4 Å². The van der Waals surface area contributed by atoms with E-state index in [1.54, 1.807) is 4.57 Å². The van der Waals surface area contributed by atoms with Crippen LogP contribution >= 0.6 is 0 Å². The standard InChI is InChI=1S/C21H23N3O2/c1-22(14-16-7-3-2-4-8-16)11-12-23-20(25)19-13-17-9-5-6-10-18(17)15-24(19)21(23)26/h2-10,25H,11-15H2,1H3. The fourth-order valence-electron chi connectivity index (χ4n) is 3.65. The van der Waals surface area contributed by atoms with Gasteiger partial charge in [0, 0.05) is 26.1 Å². The van der Waals surface area contributed by atoms with Crippen LogP contribution in [0.1, 0.15) is 22.4 Å². The number of aromatic hydroxyl groups is 1. The van der Waals surface area contributed by atoms with Crippen molar-refractivity contribution in [1.29, 1.82) is 0 Å². The van der Waals surface area contributed by atoms with E-state index < -0.39 is 0 Å². The number of fused-ring (bicyclic) bond motifs is 2. The van der Waals surface area contributed by atoms with E-state index in [0.717, 1.165) is 17.8 Å². The SMILES string of the molecule is CN(CCn1c(O)c2n(c1=O)Cc1ccccc1C2)Cc1ccccc1. The van der Waals surface area contributed by atoms with Crippen molar-refractivity contribution in [3.8, 4) is 5.88 Å². The highest BCUT2D eigenvalue weighted by molar-refractivity contribution is 5.38. The van der Waals surface area contributed by atoms with Crippen molar-refractivity contribution in [3.63, 3.8) is 0 Å². The van der Waals surface area contributed by atoms with Gasteiger partial charge in [0.2, 0.25) is 5.88 Å². The molecule has 0 saturated heterocycles. The zero-order valence-electron chi connectivity index (χ0n) is 14.9. The summed E-state index contributed by atoms with van der Waals surface area (Å²) in [6.45, 7) is 2.52. The van der Waals surface area contributed by atoms with Crippen molar-refractivity contribution in [2.45, 2.75) is 26.1 Å². The van der Waals surface area contributed by atoms with Gasteiger partial charge >= 0.3 is 5.69 Å². The molecule has 3 aromatic rings. The highest BCUT2D eigenvalue weighted by atomic mass is 16.3. The van der Waals surface area contributed by atoms with Crippen molar-refractivity contribution in [2.24, 2.45) is 0 Å². The first kappa shape index (κ1) is 16.7. The van der Waals surface area contributed by atoms with Gasteiger partial charge in [0.1, 0.15) is 0 Å². The molecule has 1 aliphatic rings. The summed E-state index contributed by atoms with van der Waals surface area (Å²) in [5.74, 6) is 0.109. The molecule has 5 nitrogen and oxygen atoms in total. The van der Waals surface area contributed by atoms with Crippen molar-refractivity contribution in [3.05, 3.63) is 87.5 Å². The largest absolute Gasteiger partial charge is 0.493 e. The van der Waals surface area contributed by atoms with Crippen LogP contribution in [0.4, 0.5) is 0 Å². The topological polar surface area (TPSA) is 50.4 Å². The first-order valence-corrected chi connectivity index (χ1v) is 8.94. The Hall–Kier alpha value is -2.79. The zero-order valence-corrected chi connectivity index (χ0v) is 14.9. The number of aromatic nitrogens is 2. The molecule has 1 aliphatic heterocycles. The van der Waals surface area contributed by atoms with Gasteiger partial charge in [-0.1, -0.05) is 54.6 Å². The molecule has 0 saturated carbocycles. The molecule has 4 rings (SSSR count). The average Bonchev–Trinajstić information content (AvgIpc) is 2.89. The van der Waals surface area contributed by atoms with Gasteiger partial charge in [-0.3, -0.25) is 9.13 Å². The molecule has 0 amide bonds. The minimum absolute atomic E-state index is 0.109. The fraction of sp³-hybridized carbons (Fsp3) is 0.286. The van der Waals surface area contributed by atoms with Gasteiger partial charge in [-0.25, -0.2) is 4.79 Å². The Balaban J connectivity index is 1.50. The molecule has 0 radical (unpaired) electrons. The van der Waals surface area contributed by atoms with Crippen molar-refractivity contribution < 1.29 is 5.11 Å². The number of imidazole rings is 1. The first-order chi connectivity index (χ1) is 12.6. The van der Waals surface area contributed by atoms with E-state index in [2.05, 4.69) is 23.1 Å². The van der Waals surface area contributed by atoms with Crippen LogP contribution in [0.25, 0.3) is 0 Å².